The summed E-state index contributed by atoms with van der Waals surface area (Å²) in [5, 5.41) is 3.55. The minimum Gasteiger partial charge on any atom is -0.364 e. The lowest BCUT2D eigenvalue weighted by Gasteiger charge is -2.38. The highest BCUT2D eigenvalue weighted by Gasteiger charge is 2.32. The van der Waals surface area contributed by atoms with E-state index in [-0.39, 0.29) is 12.1 Å². The highest BCUT2D eigenvalue weighted by Crippen LogP contribution is 2.31. The normalized spacial score (nSPS) is 16.2. The van der Waals surface area contributed by atoms with Gasteiger partial charge in [0.25, 0.3) is 5.91 Å². The molecule has 1 aliphatic rings. The Hall–Kier alpha value is -3.07. The molecule has 1 aliphatic heterocycles. The fraction of sp³-hybridized carbons (Fsp3) is 0.136. The van der Waals surface area contributed by atoms with E-state index in [9.17, 15) is 4.79 Å². The summed E-state index contributed by atoms with van der Waals surface area (Å²) in [6.07, 6.45) is 1.70. The number of carbonyl (C=O) groups excluding carboxylic acids is 1. The van der Waals surface area contributed by atoms with Crippen LogP contribution in [-0.2, 0) is 6.42 Å². The molecule has 124 valence electrons. The Morgan fingerprint density at radius 2 is 1.44 bits per heavy atom. The third-order valence-electron chi connectivity index (χ3n) is 4.59. The second kappa shape index (κ2) is 6.81. The first-order chi connectivity index (χ1) is 12.3. The predicted octanol–water partition coefficient (Wildman–Crippen LogP) is 4.72. The molecule has 3 aromatic rings. The third kappa shape index (κ3) is 3.13. The molecule has 0 bridgehead atoms. The maximum Gasteiger partial charge on any atom is 0.262 e. The highest BCUT2D eigenvalue weighted by atomic mass is 16.2. The van der Waals surface area contributed by atoms with Crippen LogP contribution in [0.15, 0.2) is 84.9 Å². The van der Waals surface area contributed by atoms with Gasteiger partial charge < -0.3 is 5.32 Å². The molecular weight excluding hydrogens is 308 g/mol. The minimum absolute atomic E-state index is 0.0543. The largest absolute Gasteiger partial charge is 0.364 e. The lowest BCUT2D eigenvalue weighted by atomic mass is 10.0. The van der Waals surface area contributed by atoms with E-state index in [4.69, 9.17) is 0 Å². The van der Waals surface area contributed by atoms with Crippen LogP contribution in [0.4, 0.5) is 11.4 Å². The second-order valence-corrected chi connectivity index (χ2v) is 6.24. The van der Waals surface area contributed by atoms with E-state index in [1.165, 1.54) is 5.56 Å². The van der Waals surface area contributed by atoms with Crippen molar-refractivity contribution in [3.63, 3.8) is 0 Å². The molecule has 0 saturated heterocycles. The van der Waals surface area contributed by atoms with E-state index in [0.717, 1.165) is 29.8 Å². The Morgan fingerprint density at radius 3 is 2.20 bits per heavy atom. The Kier molecular flexibility index (Phi) is 4.21. The zero-order chi connectivity index (χ0) is 17.1. The number of aryl methyl sites for hydroxylation is 1. The summed E-state index contributed by atoms with van der Waals surface area (Å²) in [6, 6.07) is 28.0. The third-order valence-corrected chi connectivity index (χ3v) is 4.59. The zero-order valence-corrected chi connectivity index (χ0v) is 13.9. The van der Waals surface area contributed by atoms with Crippen LogP contribution in [0, 0.1) is 0 Å². The summed E-state index contributed by atoms with van der Waals surface area (Å²) in [5.41, 5.74) is 3.84. The van der Waals surface area contributed by atoms with Crippen molar-refractivity contribution < 1.29 is 4.79 Å². The number of carbonyl (C=O) groups is 1. The fourth-order valence-corrected chi connectivity index (χ4v) is 3.35. The van der Waals surface area contributed by atoms with E-state index in [1.807, 2.05) is 65.6 Å². The van der Waals surface area contributed by atoms with Gasteiger partial charge in [0.05, 0.1) is 5.56 Å². The molecule has 3 nitrogen and oxygen atoms in total. The molecular formula is C22H20N2O. The Labute approximate surface area is 147 Å². The second-order valence-electron chi connectivity index (χ2n) is 6.24. The van der Waals surface area contributed by atoms with Gasteiger partial charge in [-0.05, 0) is 42.7 Å². The van der Waals surface area contributed by atoms with Gasteiger partial charge in [0.2, 0.25) is 0 Å². The average Bonchev–Trinajstić information content (AvgIpc) is 2.68. The molecule has 1 heterocycles. The lowest BCUT2D eigenvalue weighted by Crippen LogP contribution is -2.49. The molecule has 0 aliphatic carbocycles. The van der Waals surface area contributed by atoms with Gasteiger partial charge in [0, 0.05) is 11.4 Å². The van der Waals surface area contributed by atoms with Crippen molar-refractivity contribution in [2.45, 2.75) is 19.0 Å². The summed E-state index contributed by atoms with van der Waals surface area (Å²) in [5.74, 6) is 0.0543. The number of hydrogen-bond acceptors (Lipinski definition) is 2. The number of nitrogens with zero attached hydrogens (tertiary/aromatic N) is 1. The number of amides is 1. The first-order valence-electron chi connectivity index (χ1n) is 8.61. The van der Waals surface area contributed by atoms with Crippen LogP contribution in [0.2, 0.25) is 0 Å². The van der Waals surface area contributed by atoms with Gasteiger partial charge in [-0.2, -0.15) is 0 Å². The summed E-state index contributed by atoms with van der Waals surface area (Å²) >= 11 is 0. The fourth-order valence-electron chi connectivity index (χ4n) is 3.35. The molecule has 1 N–H and O–H groups in total. The van der Waals surface area contributed by atoms with Crippen molar-refractivity contribution in [2.75, 3.05) is 10.2 Å². The maximum atomic E-state index is 13.1. The number of rotatable bonds is 4. The van der Waals surface area contributed by atoms with E-state index in [0.29, 0.717) is 0 Å². The topological polar surface area (TPSA) is 32.3 Å². The minimum atomic E-state index is -0.0648. The zero-order valence-electron chi connectivity index (χ0n) is 13.9. The smallest absolute Gasteiger partial charge is 0.262 e. The van der Waals surface area contributed by atoms with Crippen molar-refractivity contribution in [3.05, 3.63) is 96.1 Å². The first kappa shape index (κ1) is 15.5. The predicted molar refractivity (Wildman–Crippen MR) is 102 cm³/mol. The van der Waals surface area contributed by atoms with Crippen LogP contribution in [0.1, 0.15) is 22.3 Å². The van der Waals surface area contributed by atoms with Crippen molar-refractivity contribution >= 4 is 17.3 Å². The summed E-state index contributed by atoms with van der Waals surface area (Å²) in [7, 11) is 0. The van der Waals surface area contributed by atoms with Crippen LogP contribution in [0.25, 0.3) is 0 Å². The first-order valence-corrected chi connectivity index (χ1v) is 8.61. The Bertz CT molecular complexity index is 861. The number of fused-ring (bicyclic) bond motifs is 1. The molecule has 0 saturated carbocycles. The number of benzene rings is 3. The number of nitrogens with one attached hydrogen (secondary N) is 1. The monoisotopic (exact) mass is 328 g/mol. The lowest BCUT2D eigenvalue weighted by molar-refractivity contribution is 0.0974. The molecule has 0 spiro atoms. The van der Waals surface area contributed by atoms with E-state index < -0.39 is 0 Å². The maximum absolute atomic E-state index is 13.1. The van der Waals surface area contributed by atoms with Crippen LogP contribution in [0.5, 0.6) is 0 Å². The number of anilines is 2. The van der Waals surface area contributed by atoms with Crippen molar-refractivity contribution in [2.24, 2.45) is 0 Å². The van der Waals surface area contributed by atoms with Gasteiger partial charge in [-0.1, -0.05) is 60.7 Å². The van der Waals surface area contributed by atoms with Gasteiger partial charge in [-0.25, -0.2) is 0 Å². The van der Waals surface area contributed by atoms with Crippen molar-refractivity contribution in [1.29, 1.82) is 0 Å². The molecule has 0 radical (unpaired) electrons. The quantitative estimate of drug-likeness (QED) is 0.752. The Balaban J connectivity index is 1.66. The molecule has 0 unspecified atom stereocenters. The van der Waals surface area contributed by atoms with Gasteiger partial charge in [-0.3, -0.25) is 9.69 Å². The highest BCUT2D eigenvalue weighted by molar-refractivity contribution is 6.12. The van der Waals surface area contributed by atoms with E-state index in [2.05, 4.69) is 29.6 Å². The molecule has 4 rings (SSSR count). The van der Waals surface area contributed by atoms with Crippen molar-refractivity contribution in [3.8, 4) is 0 Å². The van der Waals surface area contributed by atoms with Gasteiger partial charge >= 0.3 is 0 Å². The van der Waals surface area contributed by atoms with Crippen LogP contribution in [-0.4, -0.2) is 12.1 Å². The molecule has 0 aromatic heterocycles. The van der Waals surface area contributed by atoms with Crippen molar-refractivity contribution in [1.82, 2.24) is 0 Å². The van der Waals surface area contributed by atoms with Crippen LogP contribution in [0.3, 0.4) is 0 Å². The van der Waals surface area contributed by atoms with E-state index >= 15 is 0 Å². The molecule has 3 heteroatoms. The standard InChI is InChI=1S/C22H20N2O/c25-22-19-13-7-8-14-20(19)23-21(16-15-17-9-3-1-4-10-17)24(22)18-11-5-2-6-12-18/h1-14,21,23H,15-16H2/t21-/m1/s1. The number of para-hydroxylation sites is 2. The molecule has 1 amide bonds. The van der Waals surface area contributed by atoms with Gasteiger partial charge in [0.15, 0.2) is 0 Å². The molecule has 3 aromatic carbocycles. The molecule has 25 heavy (non-hydrogen) atoms. The SMILES string of the molecule is O=C1c2ccccc2N[C@@H](CCc2ccccc2)N1c1ccccc1. The summed E-state index contributed by atoms with van der Waals surface area (Å²) < 4.78 is 0. The number of hydrogen-bond donors (Lipinski definition) is 1. The average molecular weight is 328 g/mol. The molecule has 0 fully saturated rings. The van der Waals surface area contributed by atoms with Crippen LogP contribution < -0.4 is 10.2 Å². The summed E-state index contributed by atoms with van der Waals surface area (Å²) in [4.78, 5) is 15.0. The van der Waals surface area contributed by atoms with Crippen LogP contribution >= 0.6 is 0 Å². The summed E-state index contributed by atoms with van der Waals surface area (Å²) in [6.45, 7) is 0. The van der Waals surface area contributed by atoms with Gasteiger partial charge in [0.1, 0.15) is 6.17 Å². The Morgan fingerprint density at radius 1 is 0.800 bits per heavy atom. The van der Waals surface area contributed by atoms with Gasteiger partial charge in [-0.15, -0.1) is 0 Å². The molecule has 1 atom stereocenters. The van der Waals surface area contributed by atoms with E-state index in [1.54, 1.807) is 0 Å².